The van der Waals surface area contributed by atoms with Crippen LogP contribution in [0, 0.1) is 0 Å². The number of piperidine rings is 1. The first kappa shape index (κ1) is 27.9. The molecule has 2 aromatic carbocycles. The van der Waals surface area contributed by atoms with E-state index in [-0.39, 0.29) is 25.9 Å². The zero-order valence-corrected chi connectivity index (χ0v) is 23.3. The minimum Gasteiger partial charge on any atom is -0.444 e. The molecule has 10 nitrogen and oxygen atoms in total. The van der Waals surface area contributed by atoms with Crippen molar-refractivity contribution >= 4 is 34.9 Å². The molecular weight excluding hydrogens is 500 g/mol. The number of anilines is 1. The predicted octanol–water partition coefficient (Wildman–Crippen LogP) is 5.73. The van der Waals surface area contributed by atoms with Crippen molar-refractivity contribution in [3.05, 3.63) is 48.5 Å². The van der Waals surface area contributed by atoms with Gasteiger partial charge in [-0.1, -0.05) is 18.2 Å². The average molecular weight is 537 g/mol. The summed E-state index contributed by atoms with van der Waals surface area (Å²) in [5.41, 5.74) is -0.0743. The second-order valence-electron chi connectivity index (χ2n) is 11.7. The van der Waals surface area contributed by atoms with Gasteiger partial charge in [-0.25, -0.2) is 14.6 Å². The number of nitrogens with zero attached hydrogens (tertiary/aromatic N) is 2. The molecule has 0 saturated carbocycles. The van der Waals surface area contributed by atoms with E-state index in [2.05, 4.69) is 15.6 Å². The topological polar surface area (TPSA) is 123 Å². The third kappa shape index (κ3) is 7.07. The van der Waals surface area contributed by atoms with Crippen molar-refractivity contribution in [3.63, 3.8) is 0 Å². The largest absolute Gasteiger partial charge is 0.444 e. The molecule has 3 amide bonds. The molecule has 0 unspecified atom stereocenters. The Labute approximate surface area is 228 Å². The van der Waals surface area contributed by atoms with E-state index in [1.807, 2.05) is 30.3 Å². The van der Waals surface area contributed by atoms with Crippen molar-refractivity contribution < 1.29 is 28.3 Å². The Morgan fingerprint density at radius 2 is 1.59 bits per heavy atom. The maximum atomic E-state index is 13.7. The van der Waals surface area contributed by atoms with Gasteiger partial charge in [0.05, 0.1) is 0 Å². The van der Waals surface area contributed by atoms with Gasteiger partial charge in [0.25, 0.3) is 0 Å². The van der Waals surface area contributed by atoms with Gasteiger partial charge in [0.2, 0.25) is 11.8 Å². The Balaban J connectivity index is 1.54. The number of carbonyl (C=O) groups excluding carboxylic acids is 3. The summed E-state index contributed by atoms with van der Waals surface area (Å²) >= 11 is 0. The average Bonchev–Trinajstić information content (AvgIpc) is 3.27. The van der Waals surface area contributed by atoms with Gasteiger partial charge in [-0.3, -0.25) is 4.79 Å². The Bertz CT molecular complexity index is 1330. The Hall–Kier alpha value is -4.08. The number of ether oxygens (including phenoxy) is 2. The first-order chi connectivity index (χ1) is 18.2. The summed E-state index contributed by atoms with van der Waals surface area (Å²) in [6.45, 7) is 11.1. The number of carbonyl (C=O) groups is 3. The third-order valence-electron chi connectivity index (χ3n) is 6.10. The molecule has 0 aliphatic carbocycles. The number of fused-ring (bicyclic) bond motifs is 1. The van der Waals surface area contributed by atoms with Crippen molar-refractivity contribution in [1.29, 1.82) is 0 Å². The molecule has 4 rings (SSSR count). The fraction of sp³-hybridized carbons (Fsp3) is 0.448. The summed E-state index contributed by atoms with van der Waals surface area (Å²) in [5, 5.41) is 5.73. The lowest BCUT2D eigenvalue weighted by Gasteiger charge is -2.41. The number of nitrogens with one attached hydrogen (secondary N) is 2. The monoisotopic (exact) mass is 536 g/mol. The predicted molar refractivity (Wildman–Crippen MR) is 147 cm³/mol. The van der Waals surface area contributed by atoms with Crippen molar-refractivity contribution in [2.75, 3.05) is 18.4 Å². The van der Waals surface area contributed by atoms with E-state index in [1.165, 1.54) is 0 Å². The molecule has 3 aromatic rings. The number of benzene rings is 2. The van der Waals surface area contributed by atoms with Crippen LogP contribution in [0.15, 0.2) is 52.9 Å². The van der Waals surface area contributed by atoms with Crippen molar-refractivity contribution in [1.82, 2.24) is 15.2 Å². The number of amides is 3. The van der Waals surface area contributed by atoms with Crippen molar-refractivity contribution in [3.8, 4) is 11.5 Å². The van der Waals surface area contributed by atoms with Gasteiger partial charge in [-0.15, -0.1) is 0 Å². The third-order valence-corrected chi connectivity index (χ3v) is 6.10. The number of rotatable bonds is 4. The molecule has 1 aliphatic heterocycles. The molecule has 39 heavy (non-hydrogen) atoms. The number of alkyl carbamates (subject to hydrolysis) is 1. The molecule has 0 atom stereocenters. The van der Waals surface area contributed by atoms with E-state index in [4.69, 9.17) is 13.9 Å². The molecule has 1 fully saturated rings. The Morgan fingerprint density at radius 3 is 2.23 bits per heavy atom. The molecule has 1 saturated heterocycles. The zero-order chi connectivity index (χ0) is 28.4. The van der Waals surface area contributed by atoms with Crippen LogP contribution in [0.25, 0.3) is 22.6 Å². The van der Waals surface area contributed by atoms with E-state index < -0.39 is 34.8 Å². The highest BCUT2D eigenvalue weighted by Gasteiger charge is 2.45. The lowest BCUT2D eigenvalue weighted by molar-refractivity contribution is -0.124. The molecule has 1 aliphatic rings. The summed E-state index contributed by atoms with van der Waals surface area (Å²) in [6, 6.07) is 14.6. The standard InChI is InChI=1S/C29H36N4O6/c1-27(2,3)38-25(35)32-29(14-16-33(17-15-29)26(36)39-28(4,5)6)24(34)30-20-11-9-10-19(18-20)23-31-21-12-7-8-13-22(21)37-23/h7-13,18H,14-17H2,1-6H3,(H,30,34)(H,32,35). The van der Waals surface area contributed by atoms with Gasteiger partial charge in [0.1, 0.15) is 22.3 Å². The zero-order valence-electron chi connectivity index (χ0n) is 23.3. The fourth-order valence-corrected chi connectivity index (χ4v) is 4.28. The molecule has 0 radical (unpaired) electrons. The second-order valence-corrected chi connectivity index (χ2v) is 11.7. The summed E-state index contributed by atoms with van der Waals surface area (Å²) < 4.78 is 16.8. The number of para-hydroxylation sites is 2. The lowest BCUT2D eigenvalue weighted by atomic mass is 9.86. The smallest absolute Gasteiger partial charge is 0.410 e. The van der Waals surface area contributed by atoms with Crippen LogP contribution in [0.3, 0.4) is 0 Å². The summed E-state index contributed by atoms with van der Waals surface area (Å²) in [5.74, 6) is 0.0199. The number of hydrogen-bond donors (Lipinski definition) is 2. The van der Waals surface area contributed by atoms with Crippen LogP contribution in [0.5, 0.6) is 0 Å². The van der Waals surface area contributed by atoms with Crippen LogP contribution < -0.4 is 10.6 Å². The normalized spacial score (nSPS) is 15.5. The van der Waals surface area contributed by atoms with Crippen molar-refractivity contribution in [2.45, 2.75) is 71.1 Å². The molecule has 10 heteroatoms. The summed E-state index contributed by atoms with van der Waals surface area (Å²) in [6.07, 6.45) is -0.798. The molecule has 208 valence electrons. The Morgan fingerprint density at radius 1 is 0.923 bits per heavy atom. The Kier molecular flexibility index (Phi) is 7.59. The molecule has 1 aromatic heterocycles. The first-order valence-electron chi connectivity index (χ1n) is 13.0. The van der Waals surface area contributed by atoms with Crippen LogP contribution >= 0.6 is 0 Å². The quantitative estimate of drug-likeness (QED) is 0.437. The van der Waals surface area contributed by atoms with E-state index >= 15 is 0 Å². The van der Waals surface area contributed by atoms with Crippen LogP contribution in [0.1, 0.15) is 54.4 Å². The maximum absolute atomic E-state index is 13.7. The van der Waals surface area contributed by atoms with Gasteiger partial charge in [-0.2, -0.15) is 0 Å². The van der Waals surface area contributed by atoms with Crippen molar-refractivity contribution in [2.24, 2.45) is 0 Å². The SMILES string of the molecule is CC(C)(C)OC(=O)NC1(C(=O)Nc2cccc(-c3nc4ccccc4o3)c2)CCN(C(=O)OC(C)(C)C)CC1. The van der Waals surface area contributed by atoms with Crippen LogP contribution in [-0.4, -0.2) is 57.8 Å². The molecule has 2 N–H and O–H groups in total. The van der Waals surface area contributed by atoms with Gasteiger partial charge in [-0.05, 0) is 84.7 Å². The highest BCUT2D eigenvalue weighted by Crippen LogP contribution is 2.29. The highest BCUT2D eigenvalue weighted by atomic mass is 16.6. The molecule has 2 heterocycles. The van der Waals surface area contributed by atoms with Gasteiger partial charge >= 0.3 is 12.2 Å². The number of aromatic nitrogens is 1. The second kappa shape index (κ2) is 10.6. The van der Waals surface area contributed by atoms with Gasteiger partial charge in [0.15, 0.2) is 5.58 Å². The molecule has 0 spiro atoms. The van der Waals surface area contributed by atoms with Crippen LogP contribution in [0.4, 0.5) is 15.3 Å². The molecule has 0 bridgehead atoms. The van der Waals surface area contributed by atoms with Crippen LogP contribution in [0.2, 0.25) is 0 Å². The first-order valence-corrected chi connectivity index (χ1v) is 13.0. The van der Waals surface area contributed by atoms with E-state index in [9.17, 15) is 14.4 Å². The van der Waals surface area contributed by atoms with E-state index in [0.717, 1.165) is 5.52 Å². The fourth-order valence-electron chi connectivity index (χ4n) is 4.28. The highest BCUT2D eigenvalue weighted by molar-refractivity contribution is 6.00. The summed E-state index contributed by atoms with van der Waals surface area (Å²) in [4.78, 5) is 45.2. The van der Waals surface area contributed by atoms with Crippen LogP contribution in [-0.2, 0) is 14.3 Å². The van der Waals surface area contributed by atoms with Gasteiger partial charge in [0, 0.05) is 24.3 Å². The number of oxazole rings is 1. The van der Waals surface area contributed by atoms with E-state index in [0.29, 0.717) is 22.7 Å². The number of likely N-dealkylation sites (tertiary alicyclic amines) is 1. The van der Waals surface area contributed by atoms with Gasteiger partial charge < -0.3 is 29.4 Å². The lowest BCUT2D eigenvalue weighted by Crippen LogP contribution is -2.63. The maximum Gasteiger partial charge on any atom is 0.410 e. The number of hydrogen-bond acceptors (Lipinski definition) is 7. The molecular formula is C29H36N4O6. The minimum absolute atomic E-state index is 0.183. The minimum atomic E-state index is -1.30. The summed E-state index contributed by atoms with van der Waals surface area (Å²) in [7, 11) is 0. The van der Waals surface area contributed by atoms with E-state index in [1.54, 1.807) is 64.6 Å².